The van der Waals surface area contributed by atoms with Crippen molar-refractivity contribution in [3.63, 3.8) is 0 Å². The minimum Gasteiger partial charge on any atom is -0.424 e. The number of hydrogen-bond donors (Lipinski definition) is 1. The maximum atomic E-state index is 13.3. The van der Waals surface area contributed by atoms with E-state index in [1.54, 1.807) is 24.1 Å². The fourth-order valence-electron chi connectivity index (χ4n) is 3.74. The summed E-state index contributed by atoms with van der Waals surface area (Å²) in [6, 6.07) is 4.42. The van der Waals surface area contributed by atoms with E-state index >= 15 is 0 Å². The number of rotatable bonds is 7. The maximum Gasteiger partial charge on any atom is 0.295 e. The molecular formula is C19H22FN5O3. The Morgan fingerprint density at radius 2 is 2.29 bits per heavy atom. The molecule has 0 spiro atoms. The first-order valence-electron chi connectivity index (χ1n) is 9.12. The molecule has 148 valence electrons. The highest BCUT2D eigenvalue weighted by molar-refractivity contribution is 5.80. The van der Waals surface area contributed by atoms with Crippen LogP contribution in [0, 0.1) is 11.7 Å². The molecule has 1 aromatic carbocycles. The number of hydrogen-bond acceptors (Lipinski definition) is 6. The molecule has 1 N–H and O–H groups in total. The third-order valence-electron chi connectivity index (χ3n) is 5.01. The van der Waals surface area contributed by atoms with Gasteiger partial charge >= 0.3 is 0 Å². The van der Waals surface area contributed by atoms with Crippen LogP contribution in [0.3, 0.4) is 0 Å². The zero-order valence-corrected chi connectivity index (χ0v) is 15.8. The first kappa shape index (κ1) is 18.4. The van der Waals surface area contributed by atoms with Gasteiger partial charge in [-0.05, 0) is 12.1 Å². The molecule has 1 amide bonds. The molecule has 1 aliphatic rings. The Balaban J connectivity index is 1.53. The smallest absolute Gasteiger partial charge is 0.295 e. The van der Waals surface area contributed by atoms with Gasteiger partial charge < -0.3 is 19.4 Å². The van der Waals surface area contributed by atoms with Crippen molar-refractivity contribution in [2.75, 3.05) is 32.1 Å². The lowest BCUT2D eigenvalue weighted by atomic mass is 9.95. The second-order valence-electron chi connectivity index (χ2n) is 6.95. The van der Waals surface area contributed by atoms with Crippen LogP contribution in [0.5, 0.6) is 0 Å². The van der Waals surface area contributed by atoms with Gasteiger partial charge in [-0.1, -0.05) is 0 Å². The van der Waals surface area contributed by atoms with E-state index in [-0.39, 0.29) is 23.7 Å². The number of fused-ring (bicyclic) bond motifs is 1. The molecule has 3 heterocycles. The summed E-state index contributed by atoms with van der Waals surface area (Å²) in [5.74, 6) is -0.267. The van der Waals surface area contributed by atoms with E-state index in [4.69, 9.17) is 9.15 Å². The molecule has 0 radical (unpaired) electrons. The first-order chi connectivity index (χ1) is 13.5. The number of aryl methyl sites for hydroxylation is 1. The summed E-state index contributed by atoms with van der Waals surface area (Å²) in [5, 5.41) is 7.41. The van der Waals surface area contributed by atoms with Gasteiger partial charge in [-0.3, -0.25) is 9.48 Å². The van der Waals surface area contributed by atoms with E-state index in [1.165, 1.54) is 12.1 Å². The summed E-state index contributed by atoms with van der Waals surface area (Å²) in [7, 11) is 3.47. The molecule has 2 aromatic heterocycles. The normalized spacial score (nSPS) is 19.7. The summed E-state index contributed by atoms with van der Waals surface area (Å²) in [4.78, 5) is 18.7. The zero-order chi connectivity index (χ0) is 19.7. The number of likely N-dealkylation sites (tertiary alicyclic amines) is 1. The Kier molecular flexibility index (Phi) is 4.99. The molecule has 9 heteroatoms. The second kappa shape index (κ2) is 7.59. The molecular weight excluding hydrogens is 365 g/mol. The molecule has 1 aliphatic heterocycles. The van der Waals surface area contributed by atoms with Crippen molar-refractivity contribution in [3.05, 3.63) is 42.0 Å². The molecule has 1 saturated heterocycles. The van der Waals surface area contributed by atoms with E-state index in [0.717, 1.165) is 5.56 Å². The Bertz CT molecular complexity index is 985. The number of nitrogens with one attached hydrogen (secondary N) is 1. The van der Waals surface area contributed by atoms with Gasteiger partial charge in [-0.15, -0.1) is 0 Å². The lowest BCUT2D eigenvalue weighted by molar-refractivity contribution is -0.129. The quantitative estimate of drug-likeness (QED) is 0.670. The molecule has 0 saturated carbocycles. The van der Waals surface area contributed by atoms with Gasteiger partial charge in [0.1, 0.15) is 11.3 Å². The minimum absolute atomic E-state index is 0.0142. The van der Waals surface area contributed by atoms with Crippen LogP contribution in [0.25, 0.3) is 11.1 Å². The number of amides is 1. The van der Waals surface area contributed by atoms with Crippen molar-refractivity contribution >= 4 is 23.0 Å². The van der Waals surface area contributed by atoms with Crippen LogP contribution in [0.1, 0.15) is 18.0 Å². The largest absolute Gasteiger partial charge is 0.424 e. The Hall–Kier alpha value is -2.94. The van der Waals surface area contributed by atoms with Crippen molar-refractivity contribution in [1.82, 2.24) is 19.7 Å². The summed E-state index contributed by atoms with van der Waals surface area (Å²) >= 11 is 0. The SMILES string of the molecule is COCCN1C(=O)C[C@@H](CNc2nc3cc(F)ccc3o2)[C@@H]1c1cnn(C)c1. The average Bonchev–Trinajstić information content (AvgIpc) is 3.34. The number of carbonyl (C=O) groups is 1. The number of benzene rings is 1. The van der Waals surface area contributed by atoms with Crippen molar-refractivity contribution in [2.24, 2.45) is 13.0 Å². The monoisotopic (exact) mass is 387 g/mol. The van der Waals surface area contributed by atoms with Crippen molar-refractivity contribution in [1.29, 1.82) is 0 Å². The second-order valence-corrected chi connectivity index (χ2v) is 6.95. The summed E-state index contributed by atoms with van der Waals surface area (Å²) in [6.07, 6.45) is 4.13. The topological polar surface area (TPSA) is 85.4 Å². The van der Waals surface area contributed by atoms with Crippen LogP contribution < -0.4 is 5.32 Å². The van der Waals surface area contributed by atoms with E-state index in [9.17, 15) is 9.18 Å². The molecule has 0 bridgehead atoms. The fourth-order valence-corrected chi connectivity index (χ4v) is 3.74. The van der Waals surface area contributed by atoms with Crippen molar-refractivity contribution < 1.29 is 18.3 Å². The highest BCUT2D eigenvalue weighted by Crippen LogP contribution is 2.38. The molecule has 0 unspecified atom stereocenters. The van der Waals surface area contributed by atoms with Crippen LogP contribution in [0.2, 0.25) is 0 Å². The Labute approximate surface area is 161 Å². The third-order valence-corrected chi connectivity index (χ3v) is 5.01. The molecule has 1 fully saturated rings. The van der Waals surface area contributed by atoms with E-state index in [1.807, 2.05) is 18.1 Å². The van der Waals surface area contributed by atoms with Gasteiger partial charge in [0.2, 0.25) is 5.91 Å². The predicted octanol–water partition coefficient (Wildman–Crippen LogP) is 2.35. The highest BCUT2D eigenvalue weighted by Gasteiger charge is 2.41. The van der Waals surface area contributed by atoms with Crippen LogP contribution in [-0.2, 0) is 16.6 Å². The van der Waals surface area contributed by atoms with Gasteiger partial charge in [0, 0.05) is 57.4 Å². The molecule has 0 aliphatic carbocycles. The van der Waals surface area contributed by atoms with Gasteiger partial charge in [0.15, 0.2) is 5.58 Å². The standard InChI is InChI=1S/C19H22FN5O3/c1-24-11-13(10-22-24)18-12(7-17(26)25(18)5-6-27-2)9-21-19-23-15-8-14(20)3-4-16(15)28-19/h3-4,8,10-12,18H,5-7,9H2,1-2H3,(H,21,23)/t12-,18+/m0/s1. The zero-order valence-electron chi connectivity index (χ0n) is 15.8. The Morgan fingerprint density at radius 1 is 1.43 bits per heavy atom. The van der Waals surface area contributed by atoms with E-state index < -0.39 is 0 Å². The number of anilines is 1. The molecule has 2 atom stereocenters. The number of nitrogens with zero attached hydrogens (tertiary/aromatic N) is 4. The van der Waals surface area contributed by atoms with Crippen LogP contribution in [0.15, 0.2) is 35.0 Å². The van der Waals surface area contributed by atoms with Crippen LogP contribution >= 0.6 is 0 Å². The van der Waals surface area contributed by atoms with Gasteiger partial charge in [-0.2, -0.15) is 10.1 Å². The van der Waals surface area contributed by atoms with Crippen LogP contribution in [0.4, 0.5) is 10.4 Å². The first-order valence-corrected chi connectivity index (χ1v) is 9.12. The van der Waals surface area contributed by atoms with E-state index in [2.05, 4.69) is 15.4 Å². The summed E-state index contributed by atoms with van der Waals surface area (Å²) in [5.41, 5.74) is 1.95. The van der Waals surface area contributed by atoms with E-state index in [0.29, 0.717) is 43.2 Å². The Morgan fingerprint density at radius 3 is 3.04 bits per heavy atom. The molecule has 28 heavy (non-hydrogen) atoms. The van der Waals surface area contributed by atoms with Crippen molar-refractivity contribution in [2.45, 2.75) is 12.5 Å². The molecule has 4 rings (SSSR count). The fraction of sp³-hybridized carbons (Fsp3) is 0.421. The third kappa shape index (κ3) is 3.57. The average molecular weight is 387 g/mol. The van der Waals surface area contributed by atoms with Gasteiger partial charge in [0.25, 0.3) is 6.01 Å². The molecule has 8 nitrogen and oxygen atoms in total. The lowest BCUT2D eigenvalue weighted by Gasteiger charge is -2.27. The summed E-state index contributed by atoms with van der Waals surface area (Å²) < 4.78 is 25.9. The highest BCUT2D eigenvalue weighted by atomic mass is 19.1. The lowest BCUT2D eigenvalue weighted by Crippen LogP contribution is -2.33. The minimum atomic E-state index is -0.362. The maximum absolute atomic E-state index is 13.3. The number of ether oxygens (including phenoxy) is 1. The predicted molar refractivity (Wildman–Crippen MR) is 100 cm³/mol. The summed E-state index contributed by atoms with van der Waals surface area (Å²) in [6.45, 7) is 1.48. The number of oxazole rings is 1. The van der Waals surface area contributed by atoms with Crippen LogP contribution in [-0.4, -0.2) is 52.4 Å². The number of halogens is 1. The molecule has 3 aromatic rings. The van der Waals surface area contributed by atoms with Gasteiger partial charge in [0.05, 0.1) is 18.8 Å². The number of carbonyl (C=O) groups excluding carboxylic acids is 1. The number of methoxy groups -OCH3 is 1. The van der Waals surface area contributed by atoms with Crippen molar-refractivity contribution in [3.8, 4) is 0 Å². The number of aromatic nitrogens is 3. The van der Waals surface area contributed by atoms with Gasteiger partial charge in [-0.25, -0.2) is 4.39 Å².